The zero-order valence-corrected chi connectivity index (χ0v) is 16.9. The SMILES string of the molecule is CCCNC(=O)C1=CC(N)=C(C=NCc2ccc(C)cc2)N=C(N)C1.CCO. The number of nitrogens with one attached hydrogen (secondary N) is 1. The van der Waals surface area contributed by atoms with Crippen molar-refractivity contribution in [2.24, 2.45) is 21.5 Å². The van der Waals surface area contributed by atoms with Gasteiger partial charge >= 0.3 is 0 Å². The Morgan fingerprint density at radius 2 is 1.93 bits per heavy atom. The molecule has 6 N–H and O–H groups in total. The number of rotatable bonds is 6. The second-order valence-electron chi connectivity index (χ2n) is 6.32. The summed E-state index contributed by atoms with van der Waals surface area (Å²) in [6.07, 6.45) is 4.36. The number of hydrogen-bond acceptors (Lipinski definition) is 6. The maximum atomic E-state index is 12.1. The fraction of sp³-hybridized carbons (Fsp3) is 0.381. The minimum Gasteiger partial charge on any atom is -0.397 e. The molecule has 1 aromatic rings. The summed E-state index contributed by atoms with van der Waals surface area (Å²) in [5.41, 5.74) is 15.7. The lowest BCUT2D eigenvalue weighted by Gasteiger charge is -2.06. The minimum atomic E-state index is -0.166. The highest BCUT2D eigenvalue weighted by Gasteiger charge is 2.15. The third-order valence-electron chi connectivity index (χ3n) is 3.70. The Labute approximate surface area is 167 Å². The number of amidine groups is 1. The second kappa shape index (κ2) is 12.5. The number of benzene rings is 1. The average Bonchev–Trinajstić information content (AvgIpc) is 2.80. The lowest BCUT2D eigenvalue weighted by molar-refractivity contribution is -0.117. The van der Waals surface area contributed by atoms with Gasteiger partial charge < -0.3 is 21.9 Å². The molecule has 0 radical (unpaired) electrons. The zero-order valence-electron chi connectivity index (χ0n) is 16.9. The van der Waals surface area contributed by atoms with Crippen LogP contribution in [0.25, 0.3) is 0 Å². The van der Waals surface area contributed by atoms with Crippen molar-refractivity contribution in [1.29, 1.82) is 0 Å². The van der Waals surface area contributed by atoms with Crippen molar-refractivity contribution in [2.75, 3.05) is 13.2 Å². The smallest absolute Gasteiger partial charge is 0.247 e. The topological polar surface area (TPSA) is 126 Å². The number of aryl methyl sites for hydroxylation is 1. The summed E-state index contributed by atoms with van der Waals surface area (Å²) >= 11 is 0. The molecular formula is C21H31N5O2. The Balaban J connectivity index is 0.00000122. The molecule has 0 spiro atoms. The molecule has 0 aliphatic carbocycles. The van der Waals surface area contributed by atoms with Crippen molar-refractivity contribution in [3.8, 4) is 0 Å². The summed E-state index contributed by atoms with van der Waals surface area (Å²) < 4.78 is 0. The molecule has 1 heterocycles. The van der Waals surface area contributed by atoms with Crippen LogP contribution in [0, 0.1) is 6.92 Å². The third kappa shape index (κ3) is 8.18. The second-order valence-corrected chi connectivity index (χ2v) is 6.32. The van der Waals surface area contributed by atoms with Gasteiger partial charge in [-0.25, -0.2) is 4.99 Å². The van der Waals surface area contributed by atoms with Gasteiger partial charge in [0.25, 0.3) is 0 Å². The lowest BCUT2D eigenvalue weighted by Crippen LogP contribution is -2.28. The molecule has 0 fully saturated rings. The van der Waals surface area contributed by atoms with Crippen molar-refractivity contribution in [1.82, 2.24) is 5.32 Å². The van der Waals surface area contributed by atoms with Gasteiger partial charge in [0.15, 0.2) is 0 Å². The fourth-order valence-corrected chi connectivity index (χ4v) is 2.30. The summed E-state index contributed by atoms with van der Waals surface area (Å²) in [5.74, 6) is 0.177. The highest BCUT2D eigenvalue weighted by Crippen LogP contribution is 2.14. The first kappa shape index (κ1) is 23.1. The Morgan fingerprint density at radius 3 is 2.54 bits per heavy atom. The van der Waals surface area contributed by atoms with Crippen LogP contribution < -0.4 is 16.8 Å². The molecular weight excluding hydrogens is 354 g/mol. The van der Waals surface area contributed by atoms with E-state index in [0.717, 1.165) is 12.0 Å². The first-order valence-corrected chi connectivity index (χ1v) is 9.39. The van der Waals surface area contributed by atoms with E-state index in [2.05, 4.69) is 15.3 Å². The van der Waals surface area contributed by atoms with Gasteiger partial charge in [-0.1, -0.05) is 36.8 Å². The van der Waals surface area contributed by atoms with Gasteiger partial charge in [0.05, 0.1) is 12.2 Å². The van der Waals surface area contributed by atoms with Crippen molar-refractivity contribution >= 4 is 18.0 Å². The quantitative estimate of drug-likeness (QED) is 0.558. The van der Waals surface area contributed by atoms with Gasteiger partial charge in [-0.05, 0) is 31.9 Å². The molecule has 1 aliphatic heterocycles. The number of aliphatic imine (C=N–C) groups is 2. The predicted molar refractivity (Wildman–Crippen MR) is 115 cm³/mol. The molecule has 152 valence electrons. The van der Waals surface area contributed by atoms with Crippen molar-refractivity contribution in [3.63, 3.8) is 0 Å². The van der Waals surface area contributed by atoms with Gasteiger partial charge in [0.1, 0.15) is 11.5 Å². The summed E-state index contributed by atoms with van der Waals surface area (Å²) in [6.45, 7) is 7.11. The number of allylic oxidation sites excluding steroid dienone is 2. The molecule has 1 aliphatic rings. The molecule has 28 heavy (non-hydrogen) atoms. The van der Waals surface area contributed by atoms with E-state index < -0.39 is 0 Å². The van der Waals surface area contributed by atoms with E-state index in [4.69, 9.17) is 16.6 Å². The van der Waals surface area contributed by atoms with Crippen LogP contribution in [-0.4, -0.2) is 36.2 Å². The highest BCUT2D eigenvalue weighted by molar-refractivity contribution is 6.02. The molecule has 0 saturated heterocycles. The molecule has 0 bridgehead atoms. The number of hydrogen-bond donors (Lipinski definition) is 4. The fourth-order valence-electron chi connectivity index (χ4n) is 2.30. The van der Waals surface area contributed by atoms with Crippen LogP contribution in [0.1, 0.15) is 37.8 Å². The van der Waals surface area contributed by atoms with E-state index in [-0.39, 0.29) is 18.9 Å². The third-order valence-corrected chi connectivity index (χ3v) is 3.70. The Kier molecular flexibility index (Phi) is 10.3. The maximum absolute atomic E-state index is 12.1. The Morgan fingerprint density at radius 1 is 1.29 bits per heavy atom. The normalized spacial score (nSPS) is 14.0. The minimum absolute atomic E-state index is 0.166. The standard InChI is InChI=1S/C19H25N5O.C2H6O/c1-3-8-23-19(25)15-9-16(20)17(24-18(21)10-15)12-22-11-14-6-4-13(2)5-7-14;1-2-3/h4-7,9,12H,3,8,10-11,20H2,1-2H3,(H2,21,24)(H,23,25);3H,2H2,1H3. The van der Waals surface area contributed by atoms with E-state index in [1.54, 1.807) is 19.2 Å². The van der Waals surface area contributed by atoms with E-state index in [9.17, 15) is 4.79 Å². The van der Waals surface area contributed by atoms with Crippen LogP contribution >= 0.6 is 0 Å². The lowest BCUT2D eigenvalue weighted by atomic mass is 10.1. The molecule has 0 aromatic heterocycles. The molecule has 0 unspecified atom stereocenters. The molecule has 7 nitrogen and oxygen atoms in total. The van der Waals surface area contributed by atoms with Crippen LogP contribution in [0.2, 0.25) is 0 Å². The van der Waals surface area contributed by atoms with Gasteiger partial charge in [0.2, 0.25) is 5.91 Å². The predicted octanol–water partition coefficient (Wildman–Crippen LogP) is 1.95. The number of carbonyl (C=O) groups excluding carboxylic acids is 1. The largest absolute Gasteiger partial charge is 0.397 e. The highest BCUT2D eigenvalue weighted by atomic mass is 16.2. The Bertz CT molecular complexity index is 762. The first-order chi connectivity index (χ1) is 13.4. The number of carbonyl (C=O) groups is 1. The average molecular weight is 386 g/mol. The summed E-state index contributed by atoms with van der Waals surface area (Å²) in [5, 5.41) is 10.4. The van der Waals surface area contributed by atoms with Crippen LogP contribution in [0.3, 0.4) is 0 Å². The maximum Gasteiger partial charge on any atom is 0.247 e. The molecule has 1 aromatic carbocycles. The van der Waals surface area contributed by atoms with Gasteiger partial charge in [-0.2, -0.15) is 0 Å². The Hall–Kier alpha value is -2.93. The van der Waals surface area contributed by atoms with E-state index >= 15 is 0 Å². The molecule has 0 saturated carbocycles. The molecule has 2 rings (SSSR count). The summed E-state index contributed by atoms with van der Waals surface area (Å²) in [4.78, 5) is 20.8. The van der Waals surface area contributed by atoms with Crippen LogP contribution in [0.15, 0.2) is 57.3 Å². The zero-order chi connectivity index (χ0) is 20.9. The molecule has 0 atom stereocenters. The van der Waals surface area contributed by atoms with E-state index in [0.29, 0.717) is 35.9 Å². The van der Waals surface area contributed by atoms with Gasteiger partial charge in [-0.3, -0.25) is 9.79 Å². The van der Waals surface area contributed by atoms with Gasteiger partial charge in [0, 0.05) is 31.4 Å². The number of amides is 1. The molecule has 1 amide bonds. The van der Waals surface area contributed by atoms with E-state index in [1.165, 1.54) is 5.56 Å². The number of aliphatic hydroxyl groups excluding tert-OH is 1. The molecule has 7 heteroatoms. The van der Waals surface area contributed by atoms with Crippen molar-refractivity contribution in [3.05, 3.63) is 58.4 Å². The van der Waals surface area contributed by atoms with Gasteiger partial charge in [-0.15, -0.1) is 0 Å². The summed E-state index contributed by atoms with van der Waals surface area (Å²) in [6, 6.07) is 8.16. The number of nitrogens with zero attached hydrogens (tertiary/aromatic N) is 2. The van der Waals surface area contributed by atoms with Crippen molar-refractivity contribution in [2.45, 2.75) is 40.2 Å². The van der Waals surface area contributed by atoms with Crippen LogP contribution in [0.5, 0.6) is 0 Å². The monoisotopic (exact) mass is 385 g/mol. The van der Waals surface area contributed by atoms with Crippen LogP contribution in [0.4, 0.5) is 0 Å². The number of nitrogens with two attached hydrogens (primary N) is 2. The van der Waals surface area contributed by atoms with Crippen LogP contribution in [-0.2, 0) is 11.3 Å². The van der Waals surface area contributed by atoms with Crippen molar-refractivity contribution < 1.29 is 9.90 Å². The number of aliphatic hydroxyl groups is 1. The van der Waals surface area contributed by atoms with E-state index in [1.807, 2.05) is 38.1 Å². The summed E-state index contributed by atoms with van der Waals surface area (Å²) in [7, 11) is 0. The first-order valence-electron chi connectivity index (χ1n) is 9.39.